The number of unbranched alkanes of at least 4 members (excludes halogenated alkanes) is 1. The molecule has 0 aliphatic carbocycles. The molecule has 1 saturated heterocycles. The van der Waals surface area contributed by atoms with Crippen LogP contribution >= 0.6 is 24.2 Å². The maximum Gasteiger partial charge on any atom is 0.222 e. The molecule has 108 valence electrons. The molecule has 1 amide bonds. The minimum atomic E-state index is 0. The van der Waals surface area contributed by atoms with Crippen molar-refractivity contribution in [2.45, 2.75) is 32.1 Å². The first-order valence-electron chi connectivity index (χ1n) is 6.69. The molecule has 0 aromatic heterocycles. The van der Waals surface area contributed by atoms with Crippen molar-refractivity contribution in [3.63, 3.8) is 0 Å². The van der Waals surface area contributed by atoms with Crippen LogP contribution in [-0.4, -0.2) is 49.5 Å². The van der Waals surface area contributed by atoms with E-state index < -0.39 is 0 Å². The maximum atomic E-state index is 11.9. The molecule has 0 aromatic rings. The molecule has 0 spiro atoms. The molecule has 3 nitrogen and oxygen atoms in total. The van der Waals surface area contributed by atoms with E-state index >= 15 is 0 Å². The van der Waals surface area contributed by atoms with Crippen molar-refractivity contribution in [2.24, 2.45) is 5.92 Å². The summed E-state index contributed by atoms with van der Waals surface area (Å²) in [5.41, 5.74) is 0. The van der Waals surface area contributed by atoms with Crippen LogP contribution < -0.4 is 5.32 Å². The van der Waals surface area contributed by atoms with Gasteiger partial charge < -0.3 is 10.2 Å². The third-order valence-corrected chi connectivity index (χ3v) is 4.15. The van der Waals surface area contributed by atoms with E-state index in [-0.39, 0.29) is 12.4 Å². The van der Waals surface area contributed by atoms with E-state index in [2.05, 4.69) is 16.5 Å². The monoisotopic (exact) mass is 294 g/mol. The van der Waals surface area contributed by atoms with Gasteiger partial charge in [0.15, 0.2) is 0 Å². The van der Waals surface area contributed by atoms with Gasteiger partial charge in [0.05, 0.1) is 0 Å². The molecule has 5 heteroatoms. The zero-order valence-corrected chi connectivity index (χ0v) is 13.2. The predicted molar refractivity (Wildman–Crippen MR) is 82.7 cm³/mol. The Morgan fingerprint density at radius 3 is 2.56 bits per heavy atom. The summed E-state index contributed by atoms with van der Waals surface area (Å²) in [7, 11) is 2.00. The van der Waals surface area contributed by atoms with E-state index in [0.29, 0.717) is 5.91 Å². The molecular weight excluding hydrogens is 268 g/mol. The molecule has 1 rings (SSSR count). The second-order valence-corrected chi connectivity index (χ2v) is 5.82. The van der Waals surface area contributed by atoms with Crippen molar-refractivity contribution in [3.8, 4) is 0 Å². The topological polar surface area (TPSA) is 32.3 Å². The fourth-order valence-corrected chi connectivity index (χ4v) is 2.85. The van der Waals surface area contributed by atoms with Gasteiger partial charge in [-0.1, -0.05) is 0 Å². The summed E-state index contributed by atoms with van der Waals surface area (Å²) in [6.45, 7) is 3.02. The van der Waals surface area contributed by atoms with Crippen LogP contribution in [0.1, 0.15) is 32.1 Å². The van der Waals surface area contributed by atoms with Gasteiger partial charge in [0.25, 0.3) is 0 Å². The van der Waals surface area contributed by atoms with E-state index in [4.69, 9.17) is 0 Å². The molecule has 0 aromatic carbocycles. The highest BCUT2D eigenvalue weighted by Crippen LogP contribution is 2.17. The molecule has 0 atom stereocenters. The number of nitrogens with zero attached hydrogens (tertiary/aromatic N) is 1. The Balaban J connectivity index is 0.00000289. The maximum absolute atomic E-state index is 11.9. The normalized spacial score (nSPS) is 16.4. The van der Waals surface area contributed by atoms with Gasteiger partial charge in [0.2, 0.25) is 5.91 Å². The van der Waals surface area contributed by atoms with Gasteiger partial charge >= 0.3 is 0 Å². The van der Waals surface area contributed by atoms with Crippen molar-refractivity contribution >= 4 is 30.1 Å². The number of hydrogen-bond acceptors (Lipinski definition) is 3. The predicted octanol–water partition coefficient (Wildman–Crippen LogP) is 2.40. The molecule has 1 aliphatic rings. The van der Waals surface area contributed by atoms with E-state index in [0.717, 1.165) is 51.2 Å². The molecule has 0 radical (unpaired) electrons. The smallest absolute Gasteiger partial charge is 0.222 e. The highest BCUT2D eigenvalue weighted by atomic mass is 35.5. The molecule has 1 fully saturated rings. The first kappa shape index (κ1) is 18.1. The van der Waals surface area contributed by atoms with Crippen molar-refractivity contribution in [1.82, 2.24) is 10.2 Å². The van der Waals surface area contributed by atoms with Gasteiger partial charge in [-0.3, -0.25) is 4.79 Å². The lowest BCUT2D eigenvalue weighted by molar-refractivity contribution is -0.132. The number of thioether (sulfide) groups is 1. The number of halogens is 1. The Hall–Kier alpha value is 0.0700. The van der Waals surface area contributed by atoms with Gasteiger partial charge in [0, 0.05) is 19.5 Å². The quantitative estimate of drug-likeness (QED) is 0.732. The Bertz CT molecular complexity index is 221. The zero-order valence-electron chi connectivity index (χ0n) is 11.6. The number of nitrogens with one attached hydrogen (secondary N) is 1. The number of carbonyl (C=O) groups is 1. The van der Waals surface area contributed by atoms with Gasteiger partial charge in [-0.05, 0) is 57.2 Å². The molecule has 0 bridgehead atoms. The van der Waals surface area contributed by atoms with Crippen LogP contribution in [-0.2, 0) is 4.79 Å². The van der Waals surface area contributed by atoms with Crippen LogP contribution in [0.3, 0.4) is 0 Å². The number of hydrogen-bond donors (Lipinski definition) is 1. The fourth-order valence-electron chi connectivity index (χ4n) is 2.36. The molecule has 1 heterocycles. The number of likely N-dealkylation sites (tertiary alicyclic amines) is 1. The van der Waals surface area contributed by atoms with Crippen LogP contribution in [0.4, 0.5) is 0 Å². The summed E-state index contributed by atoms with van der Waals surface area (Å²) in [5.74, 6) is 2.31. The Kier molecular flexibility index (Phi) is 11.0. The lowest BCUT2D eigenvalue weighted by atomic mass is 9.96. The summed E-state index contributed by atoms with van der Waals surface area (Å²) in [6.07, 6.45) is 7.42. The van der Waals surface area contributed by atoms with Crippen LogP contribution in [0.25, 0.3) is 0 Å². The molecule has 0 unspecified atom stereocenters. The second kappa shape index (κ2) is 10.9. The Morgan fingerprint density at radius 2 is 2.00 bits per heavy atom. The summed E-state index contributed by atoms with van der Waals surface area (Å²) in [5, 5.41) is 3.22. The van der Waals surface area contributed by atoms with Crippen molar-refractivity contribution < 1.29 is 4.79 Å². The summed E-state index contributed by atoms with van der Waals surface area (Å²) in [4.78, 5) is 14.0. The highest BCUT2D eigenvalue weighted by Gasteiger charge is 2.21. The largest absolute Gasteiger partial charge is 0.343 e. The fraction of sp³-hybridized carbons (Fsp3) is 0.923. The summed E-state index contributed by atoms with van der Waals surface area (Å²) < 4.78 is 0. The third-order valence-electron chi connectivity index (χ3n) is 3.45. The van der Waals surface area contributed by atoms with Gasteiger partial charge in [-0.15, -0.1) is 12.4 Å². The standard InChI is InChI=1S/C13H26N2OS.ClH/c1-14-11-12-6-8-15(9-7-12)13(16)5-3-4-10-17-2;/h12,14H,3-11H2,1-2H3;1H. The Morgan fingerprint density at radius 1 is 1.33 bits per heavy atom. The van der Waals surface area contributed by atoms with E-state index in [9.17, 15) is 4.79 Å². The van der Waals surface area contributed by atoms with E-state index in [1.165, 1.54) is 12.2 Å². The lowest BCUT2D eigenvalue weighted by Crippen LogP contribution is -2.40. The summed E-state index contributed by atoms with van der Waals surface area (Å²) >= 11 is 1.86. The van der Waals surface area contributed by atoms with Crippen LogP contribution in [0, 0.1) is 5.92 Å². The van der Waals surface area contributed by atoms with Crippen LogP contribution in [0.15, 0.2) is 0 Å². The first-order chi connectivity index (χ1) is 8.27. The van der Waals surface area contributed by atoms with E-state index in [1.807, 2.05) is 18.8 Å². The molecule has 0 saturated carbocycles. The average molecular weight is 295 g/mol. The number of amides is 1. The van der Waals surface area contributed by atoms with Crippen molar-refractivity contribution in [2.75, 3.05) is 38.7 Å². The minimum absolute atomic E-state index is 0. The number of carbonyl (C=O) groups excluding carboxylic acids is 1. The molecular formula is C13H27ClN2OS. The third kappa shape index (κ3) is 6.86. The van der Waals surface area contributed by atoms with Crippen LogP contribution in [0.2, 0.25) is 0 Å². The van der Waals surface area contributed by atoms with Gasteiger partial charge in [-0.2, -0.15) is 11.8 Å². The van der Waals surface area contributed by atoms with Crippen molar-refractivity contribution in [3.05, 3.63) is 0 Å². The zero-order chi connectivity index (χ0) is 12.5. The Labute approximate surface area is 122 Å². The van der Waals surface area contributed by atoms with Gasteiger partial charge in [0.1, 0.15) is 0 Å². The minimum Gasteiger partial charge on any atom is -0.343 e. The average Bonchev–Trinajstić information content (AvgIpc) is 2.36. The molecule has 1 aliphatic heterocycles. The first-order valence-corrected chi connectivity index (χ1v) is 8.08. The number of rotatable bonds is 7. The van der Waals surface area contributed by atoms with Gasteiger partial charge in [-0.25, -0.2) is 0 Å². The van der Waals surface area contributed by atoms with E-state index in [1.54, 1.807) is 0 Å². The second-order valence-electron chi connectivity index (χ2n) is 4.83. The SMILES string of the molecule is CNCC1CCN(C(=O)CCCCSC)CC1.Cl. The highest BCUT2D eigenvalue weighted by molar-refractivity contribution is 7.98. The molecule has 18 heavy (non-hydrogen) atoms. The number of piperidine rings is 1. The van der Waals surface area contributed by atoms with Crippen LogP contribution in [0.5, 0.6) is 0 Å². The lowest BCUT2D eigenvalue weighted by Gasteiger charge is -2.32. The summed E-state index contributed by atoms with van der Waals surface area (Å²) in [6, 6.07) is 0. The van der Waals surface area contributed by atoms with Crippen molar-refractivity contribution in [1.29, 1.82) is 0 Å². The molecule has 1 N–H and O–H groups in total.